The van der Waals surface area contributed by atoms with Crippen LogP contribution in [0.3, 0.4) is 0 Å². The van der Waals surface area contributed by atoms with E-state index in [-0.39, 0.29) is 11.3 Å². The van der Waals surface area contributed by atoms with Gasteiger partial charge in [-0.3, -0.25) is 4.79 Å². The molecule has 31 heavy (non-hydrogen) atoms. The second-order valence-electron chi connectivity index (χ2n) is 6.58. The fraction of sp³-hybridized carbons (Fsp3) is 0. The minimum atomic E-state index is -0.469. The molecule has 4 nitrogen and oxygen atoms in total. The van der Waals surface area contributed by atoms with Crippen molar-refractivity contribution in [1.29, 1.82) is 0 Å². The molecule has 0 radical (unpaired) electrons. The van der Waals surface area contributed by atoms with Crippen molar-refractivity contribution in [3.63, 3.8) is 0 Å². The van der Waals surface area contributed by atoms with E-state index in [1.165, 1.54) is 6.07 Å². The van der Waals surface area contributed by atoms with Gasteiger partial charge in [0, 0.05) is 20.0 Å². The molecule has 0 saturated heterocycles. The summed E-state index contributed by atoms with van der Waals surface area (Å²) in [7, 11) is 0. The summed E-state index contributed by atoms with van der Waals surface area (Å²) in [6, 6.07) is 19.8. The monoisotopic (exact) mass is 623 g/mol. The van der Waals surface area contributed by atoms with Gasteiger partial charge in [0.25, 0.3) is 5.91 Å². The molecule has 0 aliphatic heterocycles. The number of anilines is 1. The van der Waals surface area contributed by atoms with Gasteiger partial charge in [-0.1, -0.05) is 67.7 Å². The molecule has 0 unspecified atom stereocenters. The number of hydrogen-bond donors (Lipinski definition) is 2. The summed E-state index contributed by atoms with van der Waals surface area (Å²) < 4.78 is 8.10. The quantitative estimate of drug-likeness (QED) is 0.239. The molecule has 0 saturated carbocycles. The third kappa shape index (κ3) is 4.75. The van der Waals surface area contributed by atoms with Crippen LogP contribution in [0.4, 0.5) is 5.69 Å². The van der Waals surface area contributed by atoms with Gasteiger partial charge in [-0.25, -0.2) is 0 Å². The molecule has 0 atom stereocenters. The molecular formula is C23H13Br3ClNO3. The first-order valence-corrected chi connectivity index (χ1v) is 11.7. The van der Waals surface area contributed by atoms with Crippen molar-refractivity contribution in [2.24, 2.45) is 0 Å². The van der Waals surface area contributed by atoms with Crippen LogP contribution in [0.2, 0.25) is 5.02 Å². The number of ether oxygens (including phenoxy) is 1. The van der Waals surface area contributed by atoms with Crippen LogP contribution in [0.15, 0.2) is 80.1 Å². The molecule has 0 aliphatic carbocycles. The maximum absolute atomic E-state index is 12.6. The average Bonchev–Trinajstić information content (AvgIpc) is 2.74. The fourth-order valence-corrected chi connectivity index (χ4v) is 4.96. The van der Waals surface area contributed by atoms with E-state index in [0.29, 0.717) is 31.2 Å². The van der Waals surface area contributed by atoms with E-state index in [0.717, 1.165) is 15.2 Å². The van der Waals surface area contributed by atoms with Crippen LogP contribution >= 0.6 is 59.4 Å². The molecule has 156 valence electrons. The summed E-state index contributed by atoms with van der Waals surface area (Å²) in [5.41, 5.74) is 0.595. The summed E-state index contributed by atoms with van der Waals surface area (Å²) >= 11 is 16.5. The van der Waals surface area contributed by atoms with Gasteiger partial charge in [-0.15, -0.1) is 0 Å². The Morgan fingerprint density at radius 3 is 2.32 bits per heavy atom. The first kappa shape index (κ1) is 22.1. The highest BCUT2D eigenvalue weighted by molar-refractivity contribution is 9.11. The van der Waals surface area contributed by atoms with E-state index < -0.39 is 5.91 Å². The Morgan fingerprint density at radius 1 is 0.871 bits per heavy atom. The minimum absolute atomic E-state index is 0.124. The van der Waals surface area contributed by atoms with Gasteiger partial charge in [0.2, 0.25) is 0 Å². The number of rotatable bonds is 4. The predicted octanol–water partition coefficient (Wildman–Crippen LogP) is 8.53. The van der Waals surface area contributed by atoms with Crippen LogP contribution in [-0.2, 0) is 0 Å². The molecule has 4 rings (SSSR count). The van der Waals surface area contributed by atoms with Crippen LogP contribution < -0.4 is 10.1 Å². The van der Waals surface area contributed by atoms with Crippen molar-refractivity contribution in [3.05, 3.63) is 90.7 Å². The highest BCUT2D eigenvalue weighted by Crippen LogP contribution is 2.38. The number of hydrogen-bond acceptors (Lipinski definition) is 3. The summed E-state index contributed by atoms with van der Waals surface area (Å²) in [6.45, 7) is 0. The van der Waals surface area contributed by atoms with Crippen LogP contribution in [0.1, 0.15) is 10.4 Å². The third-order valence-electron chi connectivity index (χ3n) is 4.51. The second-order valence-corrected chi connectivity index (χ2v) is 9.61. The Kier molecular flexibility index (Phi) is 6.57. The molecule has 0 aliphatic rings. The lowest BCUT2D eigenvalue weighted by Crippen LogP contribution is -2.12. The standard InChI is InChI=1S/C23H13Br3ClNO3/c24-12-9-16(22(29)18(26)10-12)23(30)28-13-5-7-21(19(27)11-13)31-20-8-6-17(25)14-3-1-2-4-15(14)20/h1-11,29H,(H,28,30). The van der Waals surface area contributed by atoms with Gasteiger partial charge in [0.15, 0.2) is 0 Å². The SMILES string of the molecule is O=C(Nc1ccc(Oc2ccc(Br)c3ccccc23)c(Cl)c1)c1cc(Br)cc(Br)c1O. The highest BCUT2D eigenvalue weighted by atomic mass is 79.9. The smallest absolute Gasteiger partial charge is 0.259 e. The molecule has 8 heteroatoms. The number of benzene rings is 4. The number of phenolic OH excluding ortho intramolecular Hbond substituents is 1. The number of amides is 1. The minimum Gasteiger partial charge on any atom is -0.506 e. The summed E-state index contributed by atoms with van der Waals surface area (Å²) in [5, 5.41) is 15.2. The lowest BCUT2D eigenvalue weighted by atomic mass is 10.1. The zero-order chi connectivity index (χ0) is 22.1. The number of fused-ring (bicyclic) bond motifs is 1. The molecule has 1 amide bonds. The van der Waals surface area contributed by atoms with Crippen molar-refractivity contribution in [3.8, 4) is 17.2 Å². The maximum Gasteiger partial charge on any atom is 0.259 e. The number of aromatic hydroxyl groups is 1. The number of nitrogens with one attached hydrogen (secondary N) is 1. The Morgan fingerprint density at radius 2 is 1.58 bits per heavy atom. The lowest BCUT2D eigenvalue weighted by Gasteiger charge is -2.13. The molecule has 4 aromatic rings. The van der Waals surface area contributed by atoms with E-state index in [4.69, 9.17) is 16.3 Å². The topological polar surface area (TPSA) is 58.6 Å². The summed E-state index contributed by atoms with van der Waals surface area (Å²) in [6.07, 6.45) is 0. The van der Waals surface area contributed by atoms with E-state index in [2.05, 4.69) is 53.1 Å². The first-order chi connectivity index (χ1) is 14.8. The van der Waals surface area contributed by atoms with Crippen molar-refractivity contribution < 1.29 is 14.6 Å². The Hall–Kier alpha value is -2.06. The summed E-state index contributed by atoms with van der Waals surface area (Å²) in [5.74, 6) is 0.513. The van der Waals surface area contributed by atoms with E-state index in [1.807, 2.05) is 36.4 Å². The van der Waals surface area contributed by atoms with Gasteiger partial charge in [0.1, 0.15) is 17.2 Å². The third-order valence-corrected chi connectivity index (χ3v) is 6.56. The molecule has 2 N–H and O–H groups in total. The van der Waals surface area contributed by atoms with E-state index in [1.54, 1.807) is 24.3 Å². The molecule has 0 spiro atoms. The average molecular weight is 627 g/mol. The zero-order valence-corrected chi connectivity index (χ0v) is 21.1. The highest BCUT2D eigenvalue weighted by Gasteiger charge is 2.16. The first-order valence-electron chi connectivity index (χ1n) is 8.97. The molecule has 0 bridgehead atoms. The van der Waals surface area contributed by atoms with Crippen LogP contribution in [0.25, 0.3) is 10.8 Å². The Balaban J connectivity index is 1.58. The van der Waals surface area contributed by atoms with Crippen LogP contribution in [0, 0.1) is 0 Å². The lowest BCUT2D eigenvalue weighted by molar-refractivity contribution is 0.102. The number of carbonyl (C=O) groups is 1. The van der Waals surface area contributed by atoms with E-state index in [9.17, 15) is 9.90 Å². The van der Waals surface area contributed by atoms with Gasteiger partial charge in [-0.2, -0.15) is 0 Å². The van der Waals surface area contributed by atoms with Crippen molar-refractivity contribution in [1.82, 2.24) is 0 Å². The Bertz CT molecular complexity index is 1330. The normalized spacial score (nSPS) is 10.8. The number of phenols is 1. The zero-order valence-electron chi connectivity index (χ0n) is 15.6. The predicted molar refractivity (Wildman–Crippen MR) is 135 cm³/mol. The van der Waals surface area contributed by atoms with Gasteiger partial charge >= 0.3 is 0 Å². The largest absolute Gasteiger partial charge is 0.506 e. The molecule has 0 aromatic heterocycles. The van der Waals surface area contributed by atoms with Gasteiger partial charge in [0.05, 0.1) is 15.1 Å². The molecular weight excluding hydrogens is 613 g/mol. The van der Waals surface area contributed by atoms with E-state index >= 15 is 0 Å². The Labute approximate surface area is 208 Å². The van der Waals surface area contributed by atoms with Crippen molar-refractivity contribution >= 4 is 81.8 Å². The summed E-state index contributed by atoms with van der Waals surface area (Å²) in [4.78, 5) is 12.6. The van der Waals surface area contributed by atoms with Crippen molar-refractivity contribution in [2.75, 3.05) is 5.32 Å². The number of carbonyl (C=O) groups excluding carboxylic acids is 1. The van der Waals surface area contributed by atoms with Gasteiger partial charge < -0.3 is 15.2 Å². The number of halogens is 4. The maximum atomic E-state index is 12.6. The fourth-order valence-electron chi connectivity index (χ4n) is 3.04. The molecule has 0 heterocycles. The van der Waals surface area contributed by atoms with Gasteiger partial charge in [-0.05, 0) is 63.8 Å². The second kappa shape index (κ2) is 9.20. The van der Waals surface area contributed by atoms with Crippen LogP contribution in [-0.4, -0.2) is 11.0 Å². The molecule has 4 aromatic carbocycles. The molecule has 0 fully saturated rings. The van der Waals surface area contributed by atoms with Crippen molar-refractivity contribution in [2.45, 2.75) is 0 Å². The van der Waals surface area contributed by atoms with Crippen LogP contribution in [0.5, 0.6) is 17.2 Å².